The van der Waals surface area contributed by atoms with E-state index in [0.717, 1.165) is 135 Å². The first kappa shape index (κ1) is 78.3. The number of unbranched alkanes of at least 4 members (excludes halogenated alkanes) is 26. The molecule has 0 N–H and O–H groups in total. The number of hydrogen-bond acceptors (Lipinski definition) is 6. The molecule has 0 aliphatic carbocycles. The van der Waals surface area contributed by atoms with Crippen LogP contribution in [0.25, 0.3) is 0 Å². The lowest BCUT2D eigenvalue weighted by atomic mass is 10.0. The molecule has 0 aromatic heterocycles. The van der Waals surface area contributed by atoms with Gasteiger partial charge >= 0.3 is 17.9 Å². The standard InChI is InChI=1S/C77H126O6/c1-4-7-10-13-16-18-20-22-24-26-28-30-32-34-36-37-38-39-41-42-44-46-48-50-52-54-56-58-61-64-67-70-76(79)82-73-74(72-81-75(78)69-66-63-60-15-12-9-6-3)83-77(80)71-68-65-62-59-57-55-53-51-49-47-45-43-40-35-33-31-29-27-25-23-21-19-17-14-11-8-5-2/h7,10,16,18,21-24,27-30,33-36,38-39,42,44,48,50,54,56,74H,4-6,8-9,11-15,17,19-20,25-26,31-32,37,40-41,43,45-47,49,51-53,55,57-73H2,1-3H3/b10-7-,18-16-,23-21-,24-22-,29-27-,30-28-,35-33-,36-34-,39-38-,44-42-,50-48-,56-54-. The Hall–Kier alpha value is -4.71. The highest BCUT2D eigenvalue weighted by Gasteiger charge is 2.19. The molecule has 1 unspecified atom stereocenters. The number of allylic oxidation sites excluding steroid dienone is 24. The van der Waals surface area contributed by atoms with Gasteiger partial charge in [0, 0.05) is 19.3 Å². The number of carbonyl (C=O) groups excluding carboxylic acids is 3. The minimum atomic E-state index is -0.797. The van der Waals surface area contributed by atoms with Gasteiger partial charge in [-0.15, -0.1) is 0 Å². The van der Waals surface area contributed by atoms with Gasteiger partial charge in [0.1, 0.15) is 13.2 Å². The summed E-state index contributed by atoms with van der Waals surface area (Å²) in [6, 6.07) is 0. The van der Waals surface area contributed by atoms with E-state index >= 15 is 0 Å². The normalized spacial score (nSPS) is 13.0. The zero-order valence-corrected chi connectivity index (χ0v) is 53.9. The van der Waals surface area contributed by atoms with Crippen LogP contribution < -0.4 is 0 Å². The summed E-state index contributed by atoms with van der Waals surface area (Å²) in [4.78, 5) is 38.2. The molecule has 0 aliphatic rings. The molecule has 0 rings (SSSR count). The van der Waals surface area contributed by atoms with Crippen molar-refractivity contribution in [2.75, 3.05) is 13.2 Å². The van der Waals surface area contributed by atoms with Gasteiger partial charge in [-0.2, -0.15) is 0 Å². The van der Waals surface area contributed by atoms with Crippen molar-refractivity contribution < 1.29 is 28.6 Å². The molecule has 6 heteroatoms. The van der Waals surface area contributed by atoms with Crippen LogP contribution in [0, 0.1) is 0 Å². The van der Waals surface area contributed by atoms with E-state index in [1.165, 1.54) is 128 Å². The largest absolute Gasteiger partial charge is 0.462 e. The molecule has 1 atom stereocenters. The fourth-order valence-electron chi connectivity index (χ4n) is 9.21. The van der Waals surface area contributed by atoms with Gasteiger partial charge in [0.05, 0.1) is 0 Å². The van der Waals surface area contributed by atoms with E-state index < -0.39 is 6.10 Å². The van der Waals surface area contributed by atoms with Gasteiger partial charge in [-0.1, -0.05) is 301 Å². The fourth-order valence-corrected chi connectivity index (χ4v) is 9.21. The second-order valence-electron chi connectivity index (χ2n) is 22.4. The predicted octanol–water partition coefficient (Wildman–Crippen LogP) is 23.9. The summed E-state index contributed by atoms with van der Waals surface area (Å²) < 4.78 is 16.8. The molecule has 470 valence electrons. The molecule has 0 aromatic carbocycles. The minimum absolute atomic E-state index is 0.0923. The molecule has 0 bridgehead atoms. The predicted molar refractivity (Wildman–Crippen MR) is 362 cm³/mol. The Kier molecular flexibility index (Phi) is 65.8. The van der Waals surface area contributed by atoms with Gasteiger partial charge in [0.15, 0.2) is 6.10 Å². The van der Waals surface area contributed by atoms with E-state index in [0.29, 0.717) is 19.3 Å². The van der Waals surface area contributed by atoms with Crippen LogP contribution in [0.1, 0.15) is 303 Å². The van der Waals surface area contributed by atoms with Crippen LogP contribution in [0.4, 0.5) is 0 Å². The number of ether oxygens (including phenoxy) is 3. The Morgan fingerprint density at radius 3 is 0.747 bits per heavy atom. The molecule has 0 amide bonds. The monoisotopic (exact) mass is 1150 g/mol. The number of rotatable bonds is 61. The summed E-state index contributed by atoms with van der Waals surface area (Å²) in [5.41, 5.74) is 0. The summed E-state index contributed by atoms with van der Waals surface area (Å²) in [6.07, 6.45) is 100. The molecule has 0 heterocycles. The average Bonchev–Trinajstić information content (AvgIpc) is 3.50. The van der Waals surface area contributed by atoms with E-state index in [1.54, 1.807) is 0 Å². The lowest BCUT2D eigenvalue weighted by molar-refractivity contribution is -0.167. The molecule has 0 aromatic rings. The smallest absolute Gasteiger partial charge is 0.306 e. The third-order valence-corrected chi connectivity index (χ3v) is 14.3. The van der Waals surface area contributed by atoms with Gasteiger partial charge in [-0.3, -0.25) is 14.4 Å². The molecule has 0 aliphatic heterocycles. The average molecular weight is 1150 g/mol. The van der Waals surface area contributed by atoms with Crippen LogP contribution >= 0.6 is 0 Å². The van der Waals surface area contributed by atoms with Gasteiger partial charge in [-0.25, -0.2) is 0 Å². The first-order valence-electron chi connectivity index (χ1n) is 34.3. The first-order valence-corrected chi connectivity index (χ1v) is 34.3. The second kappa shape index (κ2) is 69.8. The molecular weight excluding hydrogens is 1020 g/mol. The van der Waals surface area contributed by atoms with Crippen molar-refractivity contribution in [3.05, 3.63) is 146 Å². The summed E-state index contributed by atoms with van der Waals surface area (Å²) >= 11 is 0. The van der Waals surface area contributed by atoms with Crippen LogP contribution in [-0.4, -0.2) is 37.2 Å². The van der Waals surface area contributed by atoms with E-state index in [-0.39, 0.29) is 31.1 Å². The van der Waals surface area contributed by atoms with E-state index in [1.807, 2.05) is 0 Å². The molecule has 0 saturated heterocycles. The highest BCUT2D eigenvalue weighted by molar-refractivity contribution is 5.71. The van der Waals surface area contributed by atoms with E-state index in [2.05, 4.69) is 167 Å². The quantitative estimate of drug-likeness (QED) is 0.0261. The van der Waals surface area contributed by atoms with Crippen LogP contribution in [0.2, 0.25) is 0 Å². The lowest BCUT2D eigenvalue weighted by Crippen LogP contribution is -2.30. The van der Waals surface area contributed by atoms with Crippen LogP contribution in [0.3, 0.4) is 0 Å². The molecular formula is C77H126O6. The van der Waals surface area contributed by atoms with Crippen molar-refractivity contribution in [1.29, 1.82) is 0 Å². The van der Waals surface area contributed by atoms with E-state index in [4.69, 9.17) is 14.2 Å². The summed E-state index contributed by atoms with van der Waals surface area (Å²) in [7, 11) is 0. The first-order chi connectivity index (χ1) is 41.0. The van der Waals surface area contributed by atoms with Crippen LogP contribution in [-0.2, 0) is 28.6 Å². The third kappa shape index (κ3) is 68.0. The molecule has 0 fully saturated rings. The molecule has 0 saturated carbocycles. The minimum Gasteiger partial charge on any atom is -0.462 e. The Morgan fingerprint density at radius 2 is 0.470 bits per heavy atom. The molecule has 0 radical (unpaired) electrons. The molecule has 0 spiro atoms. The summed E-state index contributed by atoms with van der Waals surface area (Å²) in [5.74, 6) is -0.933. The maximum atomic E-state index is 12.9. The van der Waals surface area contributed by atoms with E-state index in [9.17, 15) is 14.4 Å². The number of hydrogen-bond donors (Lipinski definition) is 0. The highest BCUT2D eigenvalue weighted by Crippen LogP contribution is 2.16. The van der Waals surface area contributed by atoms with Crippen molar-refractivity contribution >= 4 is 17.9 Å². The Bertz CT molecular complexity index is 1800. The zero-order chi connectivity index (χ0) is 59.9. The molecule has 83 heavy (non-hydrogen) atoms. The summed E-state index contributed by atoms with van der Waals surface area (Å²) in [5, 5.41) is 0. The maximum absolute atomic E-state index is 12.9. The lowest BCUT2D eigenvalue weighted by Gasteiger charge is -2.18. The van der Waals surface area contributed by atoms with Crippen molar-refractivity contribution in [2.45, 2.75) is 309 Å². The third-order valence-electron chi connectivity index (χ3n) is 14.3. The fraction of sp³-hybridized carbons (Fsp3) is 0.649. The Morgan fingerprint density at radius 1 is 0.253 bits per heavy atom. The second-order valence-corrected chi connectivity index (χ2v) is 22.4. The van der Waals surface area contributed by atoms with Crippen molar-refractivity contribution in [2.24, 2.45) is 0 Å². The zero-order valence-electron chi connectivity index (χ0n) is 53.9. The summed E-state index contributed by atoms with van der Waals surface area (Å²) in [6.45, 7) is 6.45. The van der Waals surface area contributed by atoms with Crippen molar-refractivity contribution in [1.82, 2.24) is 0 Å². The topological polar surface area (TPSA) is 78.9 Å². The van der Waals surface area contributed by atoms with Crippen molar-refractivity contribution in [3.63, 3.8) is 0 Å². The van der Waals surface area contributed by atoms with Gasteiger partial charge in [-0.05, 0) is 128 Å². The highest BCUT2D eigenvalue weighted by atomic mass is 16.6. The number of esters is 3. The van der Waals surface area contributed by atoms with Gasteiger partial charge in [0.2, 0.25) is 0 Å². The van der Waals surface area contributed by atoms with Gasteiger partial charge < -0.3 is 14.2 Å². The molecule has 6 nitrogen and oxygen atoms in total. The Labute approximate surface area is 512 Å². The number of carbonyl (C=O) groups is 3. The SMILES string of the molecule is CC/C=C\C/C=C\C/C=C\C/C=C\C/C=C\C/C=C\C/C=C\C/C=C\C/C=C\CCCCCC(=O)OCC(COC(=O)CCCCCCCCC)OC(=O)CCCCCCCCCCCCCC/C=C\C/C=C\C/C=C\CCCCCCC. The Balaban J connectivity index is 4.22. The maximum Gasteiger partial charge on any atom is 0.306 e. The van der Waals surface area contributed by atoms with Gasteiger partial charge in [0.25, 0.3) is 0 Å². The van der Waals surface area contributed by atoms with Crippen LogP contribution in [0.15, 0.2) is 146 Å². The van der Waals surface area contributed by atoms with Crippen molar-refractivity contribution in [3.8, 4) is 0 Å². The van der Waals surface area contributed by atoms with Crippen LogP contribution in [0.5, 0.6) is 0 Å².